The fourth-order valence-electron chi connectivity index (χ4n) is 2.80. The zero-order valence-electron chi connectivity index (χ0n) is 11.9. The molecule has 1 unspecified atom stereocenters. The third-order valence-corrected chi connectivity index (χ3v) is 4.08. The summed E-state index contributed by atoms with van der Waals surface area (Å²) in [5.41, 5.74) is 1.30. The highest BCUT2D eigenvalue weighted by Crippen LogP contribution is 2.14. The van der Waals surface area contributed by atoms with E-state index in [4.69, 9.17) is 11.6 Å². The van der Waals surface area contributed by atoms with Crippen LogP contribution >= 0.6 is 11.6 Å². The molecule has 1 aliphatic rings. The predicted molar refractivity (Wildman–Crippen MR) is 82.7 cm³/mol. The van der Waals surface area contributed by atoms with E-state index in [1.54, 1.807) is 0 Å². The Hall–Kier alpha value is -0.570. The van der Waals surface area contributed by atoms with Crippen LogP contribution in [0.1, 0.15) is 37.7 Å². The standard InChI is InChI=1S/C16H25ClN2/c1-19(13-14-6-4-7-15(17)12-14)11-5-9-16-8-2-3-10-18-16/h4,6-7,12,16,18H,2-3,5,8-11,13H2,1H3. The van der Waals surface area contributed by atoms with Crippen LogP contribution in [0.5, 0.6) is 0 Å². The molecule has 0 amide bonds. The molecule has 2 nitrogen and oxygen atoms in total. The number of hydrogen-bond donors (Lipinski definition) is 1. The maximum Gasteiger partial charge on any atom is 0.0409 e. The van der Waals surface area contributed by atoms with E-state index in [0.29, 0.717) is 0 Å². The molecule has 1 atom stereocenters. The summed E-state index contributed by atoms with van der Waals surface area (Å²) < 4.78 is 0. The molecular formula is C16H25ClN2. The first-order valence-corrected chi connectivity index (χ1v) is 7.78. The van der Waals surface area contributed by atoms with Crippen molar-refractivity contribution in [2.75, 3.05) is 20.1 Å². The second kappa shape index (κ2) is 7.88. The van der Waals surface area contributed by atoms with E-state index < -0.39 is 0 Å². The molecule has 1 heterocycles. The van der Waals surface area contributed by atoms with Gasteiger partial charge in [-0.1, -0.05) is 30.2 Å². The number of rotatable bonds is 6. The van der Waals surface area contributed by atoms with Crippen molar-refractivity contribution >= 4 is 11.6 Å². The molecule has 19 heavy (non-hydrogen) atoms. The van der Waals surface area contributed by atoms with Crippen LogP contribution in [-0.4, -0.2) is 31.1 Å². The fourth-order valence-corrected chi connectivity index (χ4v) is 3.02. The van der Waals surface area contributed by atoms with E-state index in [1.807, 2.05) is 12.1 Å². The third kappa shape index (κ3) is 5.52. The summed E-state index contributed by atoms with van der Waals surface area (Å²) in [6, 6.07) is 8.91. The molecule has 1 aliphatic heterocycles. The average molecular weight is 281 g/mol. The molecule has 0 spiro atoms. The van der Waals surface area contributed by atoms with Crippen molar-refractivity contribution < 1.29 is 0 Å². The molecule has 2 rings (SSSR count). The molecule has 0 radical (unpaired) electrons. The Kier molecular flexibility index (Phi) is 6.15. The first-order chi connectivity index (χ1) is 9.24. The van der Waals surface area contributed by atoms with Crippen molar-refractivity contribution in [1.29, 1.82) is 0 Å². The molecule has 106 valence electrons. The van der Waals surface area contributed by atoms with Crippen molar-refractivity contribution in [2.45, 2.75) is 44.7 Å². The highest BCUT2D eigenvalue weighted by molar-refractivity contribution is 6.30. The smallest absolute Gasteiger partial charge is 0.0409 e. The van der Waals surface area contributed by atoms with Gasteiger partial charge >= 0.3 is 0 Å². The summed E-state index contributed by atoms with van der Waals surface area (Å²) in [5, 5.41) is 4.44. The Balaban J connectivity index is 1.65. The van der Waals surface area contributed by atoms with Crippen molar-refractivity contribution in [3.05, 3.63) is 34.9 Å². The molecule has 1 saturated heterocycles. The number of hydrogen-bond acceptors (Lipinski definition) is 2. The largest absolute Gasteiger partial charge is 0.314 e. The van der Waals surface area contributed by atoms with Gasteiger partial charge in [-0.2, -0.15) is 0 Å². The SMILES string of the molecule is CN(CCCC1CCCCN1)Cc1cccc(Cl)c1. The lowest BCUT2D eigenvalue weighted by atomic mass is 10.0. The maximum atomic E-state index is 6.01. The lowest BCUT2D eigenvalue weighted by Gasteiger charge is -2.24. The minimum absolute atomic E-state index is 0.758. The molecule has 0 aliphatic carbocycles. The van der Waals surface area contributed by atoms with Gasteiger partial charge in [0.05, 0.1) is 0 Å². The number of nitrogens with one attached hydrogen (secondary N) is 1. The molecule has 0 bridgehead atoms. The van der Waals surface area contributed by atoms with Crippen molar-refractivity contribution in [1.82, 2.24) is 10.2 Å². The summed E-state index contributed by atoms with van der Waals surface area (Å²) in [6.07, 6.45) is 6.69. The van der Waals surface area contributed by atoms with Crippen LogP contribution in [0.3, 0.4) is 0 Å². The Morgan fingerprint density at radius 2 is 2.26 bits per heavy atom. The Morgan fingerprint density at radius 1 is 1.37 bits per heavy atom. The van der Waals surface area contributed by atoms with Crippen LogP contribution in [0.15, 0.2) is 24.3 Å². The highest BCUT2D eigenvalue weighted by atomic mass is 35.5. The molecule has 0 aromatic heterocycles. The molecular weight excluding hydrogens is 256 g/mol. The quantitative estimate of drug-likeness (QED) is 0.855. The Bertz CT molecular complexity index is 375. The van der Waals surface area contributed by atoms with Crippen LogP contribution in [0, 0.1) is 0 Å². The monoisotopic (exact) mass is 280 g/mol. The summed E-state index contributed by atoms with van der Waals surface area (Å²) in [7, 11) is 2.19. The van der Waals surface area contributed by atoms with Crippen LogP contribution in [0.2, 0.25) is 5.02 Å². The molecule has 1 aromatic rings. The minimum Gasteiger partial charge on any atom is -0.314 e. The van der Waals surface area contributed by atoms with Gasteiger partial charge in [-0.15, -0.1) is 0 Å². The summed E-state index contributed by atoms with van der Waals surface area (Å²) in [5.74, 6) is 0. The fraction of sp³-hybridized carbons (Fsp3) is 0.625. The van der Waals surface area contributed by atoms with Crippen molar-refractivity contribution in [3.63, 3.8) is 0 Å². The van der Waals surface area contributed by atoms with Crippen LogP contribution in [0.25, 0.3) is 0 Å². The summed E-state index contributed by atoms with van der Waals surface area (Å²) >= 11 is 6.01. The zero-order chi connectivity index (χ0) is 13.5. The first kappa shape index (κ1) is 14.8. The number of nitrogens with zero attached hydrogens (tertiary/aromatic N) is 1. The second-order valence-electron chi connectivity index (χ2n) is 5.66. The number of piperidine rings is 1. The highest BCUT2D eigenvalue weighted by Gasteiger charge is 2.12. The first-order valence-electron chi connectivity index (χ1n) is 7.40. The zero-order valence-corrected chi connectivity index (χ0v) is 12.6. The van der Waals surface area contributed by atoms with Crippen molar-refractivity contribution in [2.24, 2.45) is 0 Å². The molecule has 3 heteroatoms. The third-order valence-electron chi connectivity index (χ3n) is 3.85. The second-order valence-corrected chi connectivity index (χ2v) is 6.09. The Labute approximate surface area is 122 Å². The van der Waals surface area contributed by atoms with E-state index >= 15 is 0 Å². The van der Waals surface area contributed by atoms with E-state index in [1.165, 1.54) is 44.2 Å². The van der Waals surface area contributed by atoms with Gasteiger partial charge < -0.3 is 10.2 Å². The Morgan fingerprint density at radius 3 is 3.00 bits per heavy atom. The van der Waals surface area contributed by atoms with Crippen LogP contribution in [0.4, 0.5) is 0 Å². The topological polar surface area (TPSA) is 15.3 Å². The maximum absolute atomic E-state index is 6.01. The molecule has 1 fully saturated rings. The van der Waals surface area contributed by atoms with Gasteiger partial charge in [0.1, 0.15) is 0 Å². The number of benzene rings is 1. The molecule has 0 saturated carbocycles. The van der Waals surface area contributed by atoms with Gasteiger partial charge in [-0.25, -0.2) is 0 Å². The van der Waals surface area contributed by atoms with Crippen LogP contribution < -0.4 is 5.32 Å². The van der Waals surface area contributed by atoms with Crippen LogP contribution in [-0.2, 0) is 6.54 Å². The van der Waals surface area contributed by atoms with E-state index in [2.05, 4.69) is 29.4 Å². The molecule has 1 N–H and O–H groups in total. The van der Waals surface area contributed by atoms with Gasteiger partial charge in [-0.05, 0) is 63.5 Å². The van der Waals surface area contributed by atoms with E-state index in [9.17, 15) is 0 Å². The summed E-state index contributed by atoms with van der Waals surface area (Å²) in [6.45, 7) is 3.35. The predicted octanol–water partition coefficient (Wildman–Crippen LogP) is 3.69. The average Bonchev–Trinajstić information content (AvgIpc) is 2.40. The van der Waals surface area contributed by atoms with E-state index in [0.717, 1.165) is 24.2 Å². The minimum atomic E-state index is 0.758. The van der Waals surface area contributed by atoms with Crippen molar-refractivity contribution in [3.8, 4) is 0 Å². The van der Waals surface area contributed by atoms with E-state index in [-0.39, 0.29) is 0 Å². The van der Waals surface area contributed by atoms with Gasteiger partial charge in [0, 0.05) is 17.6 Å². The van der Waals surface area contributed by atoms with Gasteiger partial charge in [0.2, 0.25) is 0 Å². The lowest BCUT2D eigenvalue weighted by Crippen LogP contribution is -2.34. The normalized spacial score (nSPS) is 19.8. The van der Waals surface area contributed by atoms with Gasteiger partial charge in [0.25, 0.3) is 0 Å². The molecule has 1 aromatic carbocycles. The summed E-state index contributed by atoms with van der Waals surface area (Å²) in [4.78, 5) is 2.38. The van der Waals surface area contributed by atoms with Gasteiger partial charge in [0.15, 0.2) is 0 Å². The van der Waals surface area contributed by atoms with Gasteiger partial charge in [-0.3, -0.25) is 0 Å². The number of halogens is 1. The lowest BCUT2D eigenvalue weighted by molar-refractivity contribution is 0.297.